The molecule has 0 radical (unpaired) electrons. The maximum absolute atomic E-state index is 11.7. The molecule has 3 nitrogen and oxygen atoms in total. The molecule has 19 heavy (non-hydrogen) atoms. The molecule has 102 valence electrons. The second-order valence-corrected chi connectivity index (χ2v) is 5.01. The third kappa shape index (κ3) is 3.16. The number of furan rings is 1. The number of aryl methyl sites for hydroxylation is 1. The van der Waals surface area contributed by atoms with Gasteiger partial charge in [0.15, 0.2) is 0 Å². The third-order valence-corrected chi connectivity index (χ3v) is 3.54. The molecule has 0 spiro atoms. The monoisotopic (exact) mass is 260 g/mol. The molecular formula is C16H20O3. The number of rotatable bonds is 1. The van der Waals surface area contributed by atoms with Crippen LogP contribution in [0.25, 0.3) is 0 Å². The summed E-state index contributed by atoms with van der Waals surface area (Å²) >= 11 is 0. The summed E-state index contributed by atoms with van der Waals surface area (Å²) < 4.78 is 10.5. The van der Waals surface area contributed by atoms with E-state index in [1.165, 1.54) is 18.2 Å². The number of methoxy groups -OCH3 is 1. The van der Waals surface area contributed by atoms with Gasteiger partial charge in [-0.05, 0) is 38.7 Å². The van der Waals surface area contributed by atoms with Crippen molar-refractivity contribution >= 4 is 5.97 Å². The maximum atomic E-state index is 11.7. The van der Waals surface area contributed by atoms with Crippen LogP contribution in [0, 0.1) is 6.92 Å². The minimum Gasteiger partial charge on any atom is -0.468 e. The molecule has 0 amide bonds. The Morgan fingerprint density at radius 2 is 2.11 bits per heavy atom. The Hall–Kier alpha value is -1.77. The third-order valence-electron chi connectivity index (χ3n) is 3.54. The molecule has 0 aromatic carbocycles. The molecule has 1 aromatic heterocycles. The summed E-state index contributed by atoms with van der Waals surface area (Å²) in [6.45, 7) is 4.14. The van der Waals surface area contributed by atoms with Gasteiger partial charge in [0.05, 0.1) is 13.4 Å². The predicted octanol–water partition coefficient (Wildman–Crippen LogP) is 3.51. The van der Waals surface area contributed by atoms with Gasteiger partial charge >= 0.3 is 5.97 Å². The van der Waals surface area contributed by atoms with Gasteiger partial charge in [-0.15, -0.1) is 0 Å². The largest absolute Gasteiger partial charge is 0.468 e. The highest BCUT2D eigenvalue weighted by Gasteiger charge is 2.14. The van der Waals surface area contributed by atoms with Gasteiger partial charge in [-0.25, -0.2) is 4.79 Å². The first-order chi connectivity index (χ1) is 9.11. The van der Waals surface area contributed by atoms with E-state index < -0.39 is 0 Å². The molecule has 0 aliphatic heterocycles. The summed E-state index contributed by atoms with van der Waals surface area (Å²) in [6.07, 6.45) is 9.12. The van der Waals surface area contributed by atoms with Crippen LogP contribution in [0.4, 0.5) is 0 Å². The van der Waals surface area contributed by atoms with Crippen LogP contribution in [0.1, 0.15) is 36.7 Å². The van der Waals surface area contributed by atoms with Gasteiger partial charge in [0.2, 0.25) is 0 Å². The Labute approximate surface area is 113 Å². The maximum Gasteiger partial charge on any atom is 0.333 e. The van der Waals surface area contributed by atoms with Crippen LogP contribution < -0.4 is 0 Å². The number of hydrogen-bond donors (Lipinski definition) is 0. The van der Waals surface area contributed by atoms with Crippen molar-refractivity contribution in [3.05, 3.63) is 46.4 Å². The molecule has 0 atom stereocenters. The Bertz CT molecular complexity index is 532. The van der Waals surface area contributed by atoms with Crippen LogP contribution in [-0.2, 0) is 22.4 Å². The molecular weight excluding hydrogens is 240 g/mol. The highest BCUT2D eigenvalue weighted by atomic mass is 16.5. The van der Waals surface area contributed by atoms with Crippen LogP contribution in [-0.4, -0.2) is 13.1 Å². The second kappa shape index (κ2) is 5.91. The summed E-state index contributed by atoms with van der Waals surface area (Å²) in [7, 11) is 1.43. The van der Waals surface area contributed by atoms with Crippen molar-refractivity contribution in [3.63, 3.8) is 0 Å². The number of ether oxygens (including phenoxy) is 1. The van der Waals surface area contributed by atoms with E-state index >= 15 is 0 Å². The van der Waals surface area contributed by atoms with Gasteiger partial charge in [0, 0.05) is 17.6 Å². The number of carbonyl (C=O) groups is 1. The van der Waals surface area contributed by atoms with Crippen molar-refractivity contribution in [1.82, 2.24) is 0 Å². The van der Waals surface area contributed by atoms with Gasteiger partial charge in [0.25, 0.3) is 0 Å². The van der Waals surface area contributed by atoms with Gasteiger partial charge in [-0.3, -0.25) is 0 Å². The SMILES string of the molecule is COC(=O)/C1=C/Cc2c(C)coc2C/C(C)=C/CC1. The van der Waals surface area contributed by atoms with Crippen molar-refractivity contribution in [2.24, 2.45) is 0 Å². The molecule has 1 aliphatic carbocycles. The van der Waals surface area contributed by atoms with Crippen molar-refractivity contribution in [1.29, 1.82) is 0 Å². The van der Waals surface area contributed by atoms with Gasteiger partial charge < -0.3 is 9.15 Å². The Morgan fingerprint density at radius 1 is 1.32 bits per heavy atom. The lowest BCUT2D eigenvalue weighted by Gasteiger charge is -2.09. The number of esters is 1. The lowest BCUT2D eigenvalue weighted by molar-refractivity contribution is -0.136. The van der Waals surface area contributed by atoms with E-state index in [2.05, 4.69) is 13.0 Å². The number of carbonyl (C=O) groups excluding carboxylic acids is 1. The summed E-state index contributed by atoms with van der Waals surface area (Å²) in [5, 5.41) is 0. The standard InChI is InChI=1S/C16H20O3/c1-11-5-4-6-13(16(17)18-3)7-8-14-12(2)10-19-15(14)9-11/h5,7,10H,4,6,8-9H2,1-3H3/b11-5+,13-7+. The molecule has 0 unspecified atom stereocenters. The van der Waals surface area contributed by atoms with E-state index in [1.807, 2.05) is 13.0 Å². The van der Waals surface area contributed by atoms with E-state index in [-0.39, 0.29) is 5.97 Å². The van der Waals surface area contributed by atoms with Crippen LogP contribution in [0.2, 0.25) is 0 Å². The first kappa shape index (κ1) is 13.7. The number of hydrogen-bond acceptors (Lipinski definition) is 3. The minimum absolute atomic E-state index is 0.227. The topological polar surface area (TPSA) is 39.4 Å². The first-order valence-electron chi connectivity index (χ1n) is 6.60. The summed E-state index contributed by atoms with van der Waals surface area (Å²) in [5.74, 6) is 0.781. The molecule has 1 aliphatic rings. The fourth-order valence-corrected chi connectivity index (χ4v) is 2.39. The minimum atomic E-state index is -0.227. The molecule has 1 aromatic rings. The molecule has 0 bridgehead atoms. The van der Waals surface area contributed by atoms with Crippen LogP contribution in [0.5, 0.6) is 0 Å². The smallest absolute Gasteiger partial charge is 0.333 e. The average molecular weight is 260 g/mol. The van der Waals surface area contributed by atoms with Crippen LogP contribution >= 0.6 is 0 Å². The molecule has 1 heterocycles. The Morgan fingerprint density at radius 3 is 2.84 bits per heavy atom. The molecule has 2 rings (SSSR count). The zero-order valence-electron chi connectivity index (χ0n) is 11.8. The van der Waals surface area contributed by atoms with Gasteiger partial charge in [0.1, 0.15) is 5.76 Å². The zero-order valence-corrected chi connectivity index (χ0v) is 11.8. The normalized spacial score (nSPS) is 21.6. The van der Waals surface area contributed by atoms with Crippen LogP contribution in [0.15, 0.2) is 34.0 Å². The summed E-state index contributed by atoms with van der Waals surface area (Å²) in [5.41, 5.74) is 4.36. The van der Waals surface area contributed by atoms with E-state index in [9.17, 15) is 4.79 Å². The first-order valence-corrected chi connectivity index (χ1v) is 6.60. The molecule has 0 saturated heterocycles. The lowest BCUT2D eigenvalue weighted by atomic mass is 9.98. The Kier molecular flexibility index (Phi) is 4.25. The van der Waals surface area contributed by atoms with Crippen LogP contribution in [0.3, 0.4) is 0 Å². The van der Waals surface area contributed by atoms with E-state index in [0.29, 0.717) is 0 Å². The number of fused-ring (bicyclic) bond motifs is 1. The van der Waals surface area contributed by atoms with E-state index in [1.54, 1.807) is 6.26 Å². The lowest BCUT2D eigenvalue weighted by Crippen LogP contribution is -2.06. The highest BCUT2D eigenvalue weighted by Crippen LogP contribution is 2.23. The zero-order chi connectivity index (χ0) is 13.8. The fourth-order valence-electron chi connectivity index (χ4n) is 2.39. The van der Waals surface area contributed by atoms with Gasteiger partial charge in [-0.2, -0.15) is 0 Å². The van der Waals surface area contributed by atoms with Crippen molar-refractivity contribution < 1.29 is 13.9 Å². The summed E-state index contributed by atoms with van der Waals surface area (Å²) in [6, 6.07) is 0. The molecule has 0 fully saturated rings. The second-order valence-electron chi connectivity index (χ2n) is 5.01. The Balaban J connectivity index is 2.36. The molecule has 0 N–H and O–H groups in total. The molecule has 0 saturated carbocycles. The van der Waals surface area contributed by atoms with E-state index in [4.69, 9.17) is 9.15 Å². The quantitative estimate of drug-likeness (QED) is 0.573. The fraction of sp³-hybridized carbons (Fsp3) is 0.438. The van der Waals surface area contributed by atoms with Crippen molar-refractivity contribution in [2.45, 2.75) is 39.5 Å². The predicted molar refractivity (Wildman–Crippen MR) is 73.9 cm³/mol. The summed E-state index contributed by atoms with van der Waals surface area (Å²) in [4.78, 5) is 11.7. The average Bonchev–Trinajstić information content (AvgIpc) is 2.74. The highest BCUT2D eigenvalue weighted by molar-refractivity contribution is 5.88. The number of allylic oxidation sites excluding steroid dienone is 3. The van der Waals surface area contributed by atoms with Crippen molar-refractivity contribution in [2.75, 3.05) is 7.11 Å². The molecule has 3 heteroatoms. The van der Waals surface area contributed by atoms with Crippen molar-refractivity contribution in [3.8, 4) is 0 Å². The van der Waals surface area contributed by atoms with E-state index in [0.717, 1.165) is 42.6 Å². The van der Waals surface area contributed by atoms with Gasteiger partial charge in [-0.1, -0.05) is 17.7 Å².